The topological polar surface area (TPSA) is 81.7 Å². The number of hydrogen-bond donors (Lipinski definition) is 1. The molecular weight excluding hydrogens is 392 g/mol. The summed E-state index contributed by atoms with van der Waals surface area (Å²) < 4.78 is 36.2. The number of thiophene rings is 1. The fourth-order valence-corrected chi connectivity index (χ4v) is 3.67. The molecule has 2 aromatic rings. The van der Waals surface area contributed by atoms with E-state index in [9.17, 15) is 23.2 Å². The lowest BCUT2D eigenvalue weighted by atomic mass is 10.1. The van der Waals surface area contributed by atoms with Crippen molar-refractivity contribution in [2.24, 2.45) is 0 Å². The molecular formula is C19H17F2NO5S. The van der Waals surface area contributed by atoms with Gasteiger partial charge in [0.2, 0.25) is 0 Å². The van der Waals surface area contributed by atoms with Gasteiger partial charge in [0.15, 0.2) is 6.61 Å². The van der Waals surface area contributed by atoms with Crippen LogP contribution in [0, 0.1) is 11.6 Å². The summed E-state index contributed by atoms with van der Waals surface area (Å²) in [6.45, 7) is 1.22. The first-order valence-electron chi connectivity index (χ1n) is 8.60. The fraction of sp³-hybridized carbons (Fsp3) is 0.316. The molecule has 9 heteroatoms. The lowest BCUT2D eigenvalue weighted by molar-refractivity contribution is -0.119. The lowest BCUT2D eigenvalue weighted by Crippen LogP contribution is -2.22. The molecule has 0 unspecified atom stereocenters. The highest BCUT2D eigenvalue weighted by Crippen LogP contribution is 2.46. The average Bonchev–Trinajstić information content (AvgIpc) is 3.39. The quantitative estimate of drug-likeness (QED) is 0.702. The van der Waals surface area contributed by atoms with Crippen molar-refractivity contribution in [3.8, 4) is 0 Å². The molecule has 148 valence electrons. The molecule has 0 spiro atoms. The first-order valence-corrected chi connectivity index (χ1v) is 9.48. The van der Waals surface area contributed by atoms with E-state index in [4.69, 9.17) is 9.47 Å². The Morgan fingerprint density at radius 3 is 2.39 bits per heavy atom. The summed E-state index contributed by atoms with van der Waals surface area (Å²) in [6, 6.07) is 2.24. The minimum absolute atomic E-state index is 0.202. The van der Waals surface area contributed by atoms with Gasteiger partial charge in [-0.15, -0.1) is 11.3 Å². The standard InChI is InChI=1S/C19H17F2NO5S/c1-2-26-19(25)16-14(10-3-4-10)9-28-17(16)22-15(23)8-27-18(24)11-5-12(20)7-13(21)6-11/h5-7,9-10H,2-4,8H2,1H3,(H,22,23). The van der Waals surface area contributed by atoms with Crippen molar-refractivity contribution in [3.63, 3.8) is 0 Å². The second-order valence-corrected chi connectivity index (χ2v) is 7.05. The predicted octanol–water partition coefficient (Wildman–Crippen LogP) is 3.88. The van der Waals surface area contributed by atoms with Crippen molar-refractivity contribution in [1.82, 2.24) is 0 Å². The summed E-state index contributed by atoms with van der Waals surface area (Å²) in [5.41, 5.74) is 0.817. The third-order valence-corrected chi connectivity index (χ3v) is 4.92. The smallest absolute Gasteiger partial charge is 0.341 e. The zero-order chi connectivity index (χ0) is 20.3. The molecule has 1 saturated carbocycles. The maximum atomic E-state index is 13.2. The van der Waals surface area contributed by atoms with Crippen LogP contribution in [0.5, 0.6) is 0 Å². The van der Waals surface area contributed by atoms with E-state index in [2.05, 4.69) is 5.32 Å². The number of benzene rings is 1. The number of carbonyl (C=O) groups excluding carboxylic acids is 3. The van der Waals surface area contributed by atoms with Crippen LogP contribution in [-0.4, -0.2) is 31.1 Å². The number of halogens is 2. The molecule has 0 aliphatic heterocycles. The van der Waals surface area contributed by atoms with Crippen molar-refractivity contribution in [3.05, 3.63) is 51.9 Å². The van der Waals surface area contributed by atoms with Gasteiger partial charge in [0.05, 0.1) is 17.7 Å². The maximum absolute atomic E-state index is 13.2. The summed E-state index contributed by atoms with van der Waals surface area (Å²) in [6.07, 6.45) is 1.94. The lowest BCUT2D eigenvalue weighted by Gasteiger charge is -2.09. The number of carbonyl (C=O) groups is 3. The van der Waals surface area contributed by atoms with Crippen LogP contribution in [0.25, 0.3) is 0 Å². The largest absolute Gasteiger partial charge is 0.462 e. The Hall–Kier alpha value is -2.81. The zero-order valence-corrected chi connectivity index (χ0v) is 15.7. The van der Waals surface area contributed by atoms with Crippen molar-refractivity contribution in [1.29, 1.82) is 0 Å². The highest BCUT2D eigenvalue weighted by atomic mass is 32.1. The molecule has 1 amide bonds. The Morgan fingerprint density at radius 1 is 1.11 bits per heavy atom. The van der Waals surface area contributed by atoms with Gasteiger partial charge in [-0.3, -0.25) is 4.79 Å². The van der Waals surface area contributed by atoms with Gasteiger partial charge in [-0.25, -0.2) is 18.4 Å². The molecule has 28 heavy (non-hydrogen) atoms. The van der Waals surface area contributed by atoms with Gasteiger partial charge in [-0.2, -0.15) is 0 Å². The van der Waals surface area contributed by atoms with E-state index in [0.29, 0.717) is 16.6 Å². The molecule has 6 nitrogen and oxygen atoms in total. The molecule has 1 aromatic heterocycles. The van der Waals surface area contributed by atoms with Crippen LogP contribution in [0.4, 0.5) is 13.8 Å². The van der Waals surface area contributed by atoms with E-state index < -0.39 is 36.1 Å². The van der Waals surface area contributed by atoms with Crippen LogP contribution in [-0.2, 0) is 14.3 Å². The first-order chi connectivity index (χ1) is 13.4. The number of anilines is 1. The van der Waals surface area contributed by atoms with Gasteiger partial charge in [0, 0.05) is 6.07 Å². The summed E-state index contributed by atoms with van der Waals surface area (Å²) >= 11 is 1.19. The third-order valence-electron chi connectivity index (χ3n) is 4.00. The molecule has 1 N–H and O–H groups in total. The van der Waals surface area contributed by atoms with Crippen LogP contribution in [0.3, 0.4) is 0 Å². The molecule has 3 rings (SSSR count). The Kier molecular flexibility index (Phi) is 6.03. The Labute approximate surface area is 163 Å². The summed E-state index contributed by atoms with van der Waals surface area (Å²) in [5.74, 6) is -3.82. The van der Waals surface area contributed by atoms with E-state index in [1.54, 1.807) is 12.3 Å². The molecule has 1 heterocycles. The number of nitrogens with one attached hydrogen (secondary N) is 1. The van der Waals surface area contributed by atoms with E-state index >= 15 is 0 Å². The second kappa shape index (κ2) is 8.47. The molecule has 0 bridgehead atoms. The van der Waals surface area contributed by atoms with E-state index in [-0.39, 0.29) is 18.1 Å². The van der Waals surface area contributed by atoms with Gasteiger partial charge < -0.3 is 14.8 Å². The van der Waals surface area contributed by atoms with Crippen LogP contribution in [0.1, 0.15) is 52.0 Å². The van der Waals surface area contributed by atoms with Gasteiger partial charge in [-0.05, 0) is 48.8 Å². The second-order valence-electron chi connectivity index (χ2n) is 6.17. The highest BCUT2D eigenvalue weighted by Gasteiger charge is 2.32. The molecule has 0 saturated heterocycles. The Balaban J connectivity index is 1.65. The first kappa shape index (κ1) is 19.9. The van der Waals surface area contributed by atoms with Gasteiger partial charge >= 0.3 is 11.9 Å². The van der Waals surface area contributed by atoms with E-state index in [1.807, 2.05) is 0 Å². The molecule has 0 radical (unpaired) electrons. The van der Waals surface area contributed by atoms with Crippen molar-refractivity contribution < 1.29 is 32.6 Å². The molecule has 1 aliphatic rings. The fourth-order valence-electron chi connectivity index (χ4n) is 2.62. The van der Waals surface area contributed by atoms with Crippen LogP contribution < -0.4 is 5.32 Å². The Morgan fingerprint density at radius 2 is 1.79 bits per heavy atom. The number of hydrogen-bond acceptors (Lipinski definition) is 6. The maximum Gasteiger partial charge on any atom is 0.341 e. The molecule has 1 fully saturated rings. The monoisotopic (exact) mass is 409 g/mol. The molecule has 0 atom stereocenters. The van der Waals surface area contributed by atoms with Gasteiger partial charge in [-0.1, -0.05) is 0 Å². The SMILES string of the molecule is CCOC(=O)c1c(C2CC2)csc1NC(=O)COC(=O)c1cc(F)cc(F)c1. The molecule has 1 aliphatic carbocycles. The molecule has 1 aromatic carbocycles. The predicted molar refractivity (Wildman–Crippen MR) is 97.5 cm³/mol. The highest BCUT2D eigenvalue weighted by molar-refractivity contribution is 7.15. The van der Waals surface area contributed by atoms with Crippen molar-refractivity contribution >= 4 is 34.2 Å². The Bertz CT molecular complexity index is 903. The zero-order valence-electron chi connectivity index (χ0n) is 14.9. The summed E-state index contributed by atoms with van der Waals surface area (Å²) in [7, 11) is 0. The number of rotatable bonds is 7. The van der Waals surface area contributed by atoms with Crippen LogP contribution in [0.15, 0.2) is 23.6 Å². The van der Waals surface area contributed by atoms with Crippen molar-refractivity contribution in [2.45, 2.75) is 25.7 Å². The number of ether oxygens (including phenoxy) is 2. The normalized spacial score (nSPS) is 13.1. The van der Waals surface area contributed by atoms with Crippen LogP contribution in [0.2, 0.25) is 0 Å². The van der Waals surface area contributed by atoms with E-state index in [0.717, 1.165) is 30.5 Å². The minimum atomic E-state index is -1.04. The van der Waals surface area contributed by atoms with E-state index in [1.165, 1.54) is 11.3 Å². The summed E-state index contributed by atoms with van der Waals surface area (Å²) in [4.78, 5) is 36.2. The van der Waals surface area contributed by atoms with Gasteiger partial charge in [0.1, 0.15) is 16.6 Å². The van der Waals surface area contributed by atoms with Crippen LogP contribution >= 0.6 is 11.3 Å². The third kappa shape index (κ3) is 4.72. The van der Waals surface area contributed by atoms with Crippen molar-refractivity contribution in [2.75, 3.05) is 18.5 Å². The summed E-state index contributed by atoms with van der Waals surface area (Å²) in [5, 5.41) is 4.66. The average molecular weight is 409 g/mol. The number of amides is 1. The minimum Gasteiger partial charge on any atom is -0.462 e. The number of esters is 2. The van der Waals surface area contributed by atoms with Gasteiger partial charge in [0.25, 0.3) is 5.91 Å².